The molecule has 0 bridgehead atoms. The van der Waals surface area contributed by atoms with Gasteiger partial charge >= 0.3 is 0 Å². The van der Waals surface area contributed by atoms with Crippen LogP contribution in [0.15, 0.2) is 36.4 Å². The number of piperidine rings is 1. The first-order chi connectivity index (χ1) is 16.4. The fraction of sp³-hybridized carbons (Fsp3) is 0.423. The normalized spacial score (nSPS) is 19.7. The van der Waals surface area contributed by atoms with Gasteiger partial charge in [0.25, 0.3) is 5.91 Å². The maximum Gasteiger partial charge on any atom is 0.256 e. The summed E-state index contributed by atoms with van der Waals surface area (Å²) >= 11 is 6.20. The number of hydrogen-bond acceptors (Lipinski definition) is 4. The van der Waals surface area contributed by atoms with Crippen LogP contribution in [0.2, 0.25) is 5.02 Å². The van der Waals surface area contributed by atoms with Gasteiger partial charge in [-0.15, -0.1) is 0 Å². The van der Waals surface area contributed by atoms with Gasteiger partial charge in [-0.3, -0.25) is 14.4 Å². The van der Waals surface area contributed by atoms with Crippen LogP contribution in [-0.2, 0) is 9.59 Å². The number of anilines is 1. The van der Waals surface area contributed by atoms with Crippen molar-refractivity contribution < 1.29 is 19.1 Å². The first kappa shape index (κ1) is 24.1. The van der Waals surface area contributed by atoms with Crippen molar-refractivity contribution >= 4 is 35.0 Å². The first-order valence-electron chi connectivity index (χ1n) is 11.8. The van der Waals surface area contributed by atoms with Gasteiger partial charge in [0, 0.05) is 29.1 Å². The van der Waals surface area contributed by atoms with Gasteiger partial charge in [0.1, 0.15) is 11.8 Å². The average Bonchev–Trinajstić information content (AvgIpc) is 2.94. The predicted octanol–water partition coefficient (Wildman–Crippen LogP) is 4.49. The van der Waals surface area contributed by atoms with Crippen molar-refractivity contribution in [3.63, 3.8) is 0 Å². The minimum absolute atomic E-state index is 0.0206. The van der Waals surface area contributed by atoms with Crippen molar-refractivity contribution in [2.75, 3.05) is 19.0 Å². The number of carbonyl (C=O) groups excluding carboxylic acids is 3. The average molecular weight is 484 g/mol. The molecule has 2 atom stereocenters. The number of amides is 3. The minimum Gasteiger partial charge on any atom is -0.496 e. The Balaban J connectivity index is 1.60. The third-order valence-corrected chi connectivity index (χ3v) is 7.08. The Hall–Kier alpha value is -3.06. The standard InChI is InChI=1S/C26H30ClN3O4/c1-4-15(5-2)24(31)28-18-10-11-30-22(14-18)25(32)29-21-8-6-16(12-20(21)26(30)33)19-13-17(27)7-9-23(19)34-3/h6-9,12-13,15,18,22H,4-5,10-11,14H2,1-3H3,(H,28,31)(H,29,32). The highest BCUT2D eigenvalue weighted by Crippen LogP contribution is 2.36. The molecule has 0 spiro atoms. The highest BCUT2D eigenvalue weighted by Gasteiger charge is 2.40. The summed E-state index contributed by atoms with van der Waals surface area (Å²) in [5.41, 5.74) is 2.44. The second-order valence-corrected chi connectivity index (χ2v) is 9.29. The molecule has 2 aliphatic rings. The van der Waals surface area contributed by atoms with Crippen molar-refractivity contribution in [3.05, 3.63) is 47.0 Å². The van der Waals surface area contributed by atoms with E-state index in [2.05, 4.69) is 10.6 Å². The van der Waals surface area contributed by atoms with E-state index in [1.165, 1.54) is 0 Å². The summed E-state index contributed by atoms with van der Waals surface area (Å²) in [5.74, 6) is 0.190. The molecule has 0 saturated carbocycles. The summed E-state index contributed by atoms with van der Waals surface area (Å²) in [6.45, 7) is 4.39. The fourth-order valence-corrected chi connectivity index (χ4v) is 5.01. The number of ether oxygens (including phenoxy) is 1. The topological polar surface area (TPSA) is 87.7 Å². The molecular weight excluding hydrogens is 454 g/mol. The third kappa shape index (κ3) is 4.62. The Kier molecular flexibility index (Phi) is 7.12. The van der Waals surface area contributed by atoms with Crippen molar-refractivity contribution in [3.8, 4) is 16.9 Å². The number of carbonyl (C=O) groups is 3. The lowest BCUT2D eigenvalue weighted by Crippen LogP contribution is -2.55. The van der Waals surface area contributed by atoms with Gasteiger partial charge in [-0.2, -0.15) is 0 Å². The molecule has 1 saturated heterocycles. The maximum absolute atomic E-state index is 13.5. The molecule has 1 fully saturated rings. The van der Waals surface area contributed by atoms with Crippen LogP contribution >= 0.6 is 11.6 Å². The van der Waals surface area contributed by atoms with Gasteiger partial charge in [-0.1, -0.05) is 31.5 Å². The molecule has 2 aromatic carbocycles. The van der Waals surface area contributed by atoms with Crippen molar-refractivity contribution in [2.24, 2.45) is 5.92 Å². The number of rotatable bonds is 6. The number of halogens is 1. The summed E-state index contributed by atoms with van der Waals surface area (Å²) in [6, 6.07) is 9.90. The van der Waals surface area contributed by atoms with E-state index in [1.54, 1.807) is 42.3 Å². The number of methoxy groups -OCH3 is 1. The zero-order valence-electron chi connectivity index (χ0n) is 19.7. The van der Waals surface area contributed by atoms with Crippen LogP contribution in [0.5, 0.6) is 5.75 Å². The lowest BCUT2D eigenvalue weighted by molar-refractivity contribution is -0.127. The van der Waals surface area contributed by atoms with E-state index in [0.717, 1.165) is 24.0 Å². The summed E-state index contributed by atoms with van der Waals surface area (Å²) in [7, 11) is 1.58. The zero-order valence-corrected chi connectivity index (χ0v) is 20.4. The summed E-state index contributed by atoms with van der Waals surface area (Å²) in [6.07, 6.45) is 2.56. The number of benzene rings is 2. The van der Waals surface area contributed by atoms with Crippen molar-refractivity contribution in [1.29, 1.82) is 0 Å². The monoisotopic (exact) mass is 483 g/mol. The second kappa shape index (κ2) is 10.1. The molecule has 4 rings (SSSR count). The smallest absolute Gasteiger partial charge is 0.256 e. The van der Waals surface area contributed by atoms with Gasteiger partial charge in [0.2, 0.25) is 11.8 Å². The van der Waals surface area contributed by atoms with E-state index in [0.29, 0.717) is 41.4 Å². The minimum atomic E-state index is -0.634. The summed E-state index contributed by atoms with van der Waals surface area (Å²) in [4.78, 5) is 40.8. The molecule has 180 valence electrons. The summed E-state index contributed by atoms with van der Waals surface area (Å²) < 4.78 is 5.47. The van der Waals surface area contributed by atoms with Gasteiger partial charge in [-0.25, -0.2) is 0 Å². The quantitative estimate of drug-likeness (QED) is 0.633. The van der Waals surface area contributed by atoms with Crippen LogP contribution in [0.1, 0.15) is 49.9 Å². The molecule has 2 N–H and O–H groups in total. The highest BCUT2D eigenvalue weighted by atomic mass is 35.5. The molecule has 2 aliphatic heterocycles. The predicted molar refractivity (Wildman–Crippen MR) is 132 cm³/mol. The first-order valence-corrected chi connectivity index (χ1v) is 12.1. The van der Waals surface area contributed by atoms with Crippen LogP contribution in [0.3, 0.4) is 0 Å². The molecule has 8 heteroatoms. The van der Waals surface area contributed by atoms with Crippen LogP contribution < -0.4 is 15.4 Å². The largest absolute Gasteiger partial charge is 0.496 e. The number of hydrogen-bond donors (Lipinski definition) is 2. The Labute approximate surface area is 204 Å². The van der Waals surface area contributed by atoms with E-state index < -0.39 is 6.04 Å². The lowest BCUT2D eigenvalue weighted by atomic mass is 9.94. The van der Waals surface area contributed by atoms with Gasteiger partial charge in [0.15, 0.2) is 0 Å². The zero-order chi connectivity index (χ0) is 24.4. The molecular formula is C26H30ClN3O4. The number of nitrogens with one attached hydrogen (secondary N) is 2. The van der Waals surface area contributed by atoms with E-state index in [4.69, 9.17) is 16.3 Å². The van der Waals surface area contributed by atoms with Gasteiger partial charge in [0.05, 0.1) is 18.4 Å². The molecule has 0 radical (unpaired) electrons. The SMILES string of the molecule is CCC(CC)C(=O)NC1CCN2C(=O)c3cc(-c4cc(Cl)ccc4OC)ccc3NC(=O)C2C1. The van der Waals surface area contributed by atoms with Crippen LogP contribution in [0.4, 0.5) is 5.69 Å². The Morgan fingerprint density at radius 3 is 2.65 bits per heavy atom. The Morgan fingerprint density at radius 2 is 1.94 bits per heavy atom. The van der Waals surface area contributed by atoms with E-state index in [9.17, 15) is 14.4 Å². The number of nitrogens with zero attached hydrogens (tertiary/aromatic N) is 1. The van der Waals surface area contributed by atoms with Crippen LogP contribution in [0, 0.1) is 5.92 Å². The molecule has 2 heterocycles. The Bertz CT molecular complexity index is 1120. The van der Waals surface area contributed by atoms with E-state index >= 15 is 0 Å². The molecule has 2 aromatic rings. The van der Waals surface area contributed by atoms with E-state index in [-0.39, 0.29) is 29.7 Å². The maximum atomic E-state index is 13.5. The molecule has 34 heavy (non-hydrogen) atoms. The third-order valence-electron chi connectivity index (χ3n) is 6.85. The second-order valence-electron chi connectivity index (χ2n) is 8.85. The molecule has 3 amide bonds. The number of fused-ring (bicyclic) bond motifs is 2. The van der Waals surface area contributed by atoms with Gasteiger partial charge in [-0.05, 0) is 61.6 Å². The van der Waals surface area contributed by atoms with E-state index in [1.807, 2.05) is 19.9 Å². The van der Waals surface area contributed by atoms with Crippen LogP contribution in [0.25, 0.3) is 11.1 Å². The van der Waals surface area contributed by atoms with Crippen molar-refractivity contribution in [2.45, 2.75) is 51.6 Å². The molecule has 7 nitrogen and oxygen atoms in total. The highest BCUT2D eigenvalue weighted by molar-refractivity contribution is 6.31. The molecule has 0 aliphatic carbocycles. The molecule has 0 aromatic heterocycles. The molecule has 2 unspecified atom stereocenters. The van der Waals surface area contributed by atoms with Crippen LogP contribution in [-0.4, -0.2) is 48.4 Å². The Morgan fingerprint density at radius 1 is 1.18 bits per heavy atom. The lowest BCUT2D eigenvalue weighted by Gasteiger charge is -2.37. The summed E-state index contributed by atoms with van der Waals surface area (Å²) in [5, 5.41) is 6.57. The fourth-order valence-electron chi connectivity index (χ4n) is 4.84. The van der Waals surface area contributed by atoms with Gasteiger partial charge < -0.3 is 20.3 Å². The van der Waals surface area contributed by atoms with Crippen molar-refractivity contribution in [1.82, 2.24) is 10.2 Å².